The monoisotopic (exact) mass is 344 g/mol. The molecule has 134 valence electrons. The van der Waals surface area contributed by atoms with Crippen LogP contribution in [0.3, 0.4) is 0 Å². The van der Waals surface area contributed by atoms with Crippen LogP contribution in [0.5, 0.6) is 17.2 Å². The minimum atomic E-state index is 0.289. The van der Waals surface area contributed by atoms with Crippen molar-refractivity contribution in [2.75, 3.05) is 19.9 Å². The van der Waals surface area contributed by atoms with Gasteiger partial charge in [-0.05, 0) is 31.5 Å². The summed E-state index contributed by atoms with van der Waals surface area (Å²) in [6, 6.07) is 6.15. The summed E-state index contributed by atoms with van der Waals surface area (Å²) in [5, 5.41) is 8.16. The predicted octanol–water partition coefficient (Wildman–Crippen LogP) is 1.94. The zero-order valence-corrected chi connectivity index (χ0v) is 14.5. The molecular formula is C18H24N4O3. The number of aryl methyl sites for hydroxylation is 2. The molecule has 1 aromatic carbocycles. The lowest BCUT2D eigenvalue weighted by Gasteiger charge is -2.23. The maximum absolute atomic E-state index is 5.79. The van der Waals surface area contributed by atoms with Crippen LogP contribution in [0.1, 0.15) is 31.4 Å². The van der Waals surface area contributed by atoms with Crippen LogP contribution in [0, 0.1) is 0 Å². The third-order valence-electron chi connectivity index (χ3n) is 4.59. The van der Waals surface area contributed by atoms with Crippen LogP contribution in [-0.2, 0) is 19.4 Å². The smallest absolute Gasteiger partial charge is 0.231 e. The van der Waals surface area contributed by atoms with E-state index in [1.54, 1.807) is 0 Å². The summed E-state index contributed by atoms with van der Waals surface area (Å²) < 4.78 is 18.5. The van der Waals surface area contributed by atoms with Crippen LogP contribution in [0.25, 0.3) is 0 Å². The zero-order chi connectivity index (χ0) is 17.1. The average molecular weight is 344 g/mol. The molecule has 2 aliphatic heterocycles. The van der Waals surface area contributed by atoms with Crippen LogP contribution in [0.2, 0.25) is 0 Å². The first-order valence-electron chi connectivity index (χ1n) is 9.00. The van der Waals surface area contributed by atoms with Gasteiger partial charge < -0.3 is 19.5 Å². The lowest BCUT2D eigenvalue weighted by molar-refractivity contribution is 0.173. The molecule has 2 aliphatic rings. The topological polar surface area (TPSA) is 70.4 Å². The molecule has 0 spiro atoms. The molecule has 1 atom stereocenters. The highest BCUT2D eigenvalue weighted by Gasteiger charge is 2.20. The number of ether oxygens (including phenoxy) is 3. The van der Waals surface area contributed by atoms with Gasteiger partial charge >= 0.3 is 0 Å². The molecule has 0 saturated heterocycles. The lowest BCUT2D eigenvalue weighted by Crippen LogP contribution is -2.38. The van der Waals surface area contributed by atoms with Gasteiger partial charge in [0.05, 0.1) is 13.2 Å². The molecule has 0 radical (unpaired) electrons. The van der Waals surface area contributed by atoms with E-state index in [0.29, 0.717) is 12.6 Å². The maximum Gasteiger partial charge on any atom is 0.231 e. The highest BCUT2D eigenvalue weighted by Crippen LogP contribution is 2.35. The minimum absolute atomic E-state index is 0.289. The Kier molecular flexibility index (Phi) is 4.74. The fraction of sp³-hybridized carbons (Fsp3) is 0.556. The standard InChI is InChI=1S/C18H24N4O3/c1-2-17-20-18-7-4-13(11-22(18)21-17)19-8-3-9-23-14-5-6-15-16(10-14)25-12-24-15/h5-6,10,13,19H,2-4,7-9,11-12H2,1H3. The molecule has 2 aromatic rings. The van der Waals surface area contributed by atoms with Crippen molar-refractivity contribution in [2.45, 2.75) is 45.2 Å². The van der Waals surface area contributed by atoms with Gasteiger partial charge in [0.2, 0.25) is 6.79 Å². The van der Waals surface area contributed by atoms with Gasteiger partial charge in [0.15, 0.2) is 17.3 Å². The van der Waals surface area contributed by atoms with E-state index < -0.39 is 0 Å². The van der Waals surface area contributed by atoms with Crippen molar-refractivity contribution in [1.82, 2.24) is 20.1 Å². The Bertz CT molecular complexity index is 731. The largest absolute Gasteiger partial charge is 0.493 e. The number of rotatable bonds is 7. The van der Waals surface area contributed by atoms with E-state index in [9.17, 15) is 0 Å². The molecule has 1 N–H and O–H groups in total. The summed E-state index contributed by atoms with van der Waals surface area (Å²) in [4.78, 5) is 4.56. The summed E-state index contributed by atoms with van der Waals surface area (Å²) in [5.41, 5.74) is 0. The second kappa shape index (κ2) is 7.31. The van der Waals surface area contributed by atoms with E-state index in [0.717, 1.165) is 67.7 Å². The third kappa shape index (κ3) is 3.71. The second-order valence-electron chi connectivity index (χ2n) is 6.39. The number of nitrogens with zero attached hydrogens (tertiary/aromatic N) is 3. The number of benzene rings is 1. The average Bonchev–Trinajstić information content (AvgIpc) is 3.26. The fourth-order valence-electron chi connectivity index (χ4n) is 3.21. The SMILES string of the molecule is CCc1nc2n(n1)CC(NCCCOc1ccc3c(c1)OCO3)CC2. The Balaban J connectivity index is 1.18. The Morgan fingerprint density at radius 1 is 1.32 bits per heavy atom. The number of fused-ring (bicyclic) bond motifs is 2. The maximum atomic E-state index is 5.79. The molecular weight excluding hydrogens is 320 g/mol. The summed E-state index contributed by atoms with van der Waals surface area (Å²) in [6.07, 6.45) is 3.97. The van der Waals surface area contributed by atoms with E-state index in [4.69, 9.17) is 14.2 Å². The van der Waals surface area contributed by atoms with E-state index >= 15 is 0 Å². The van der Waals surface area contributed by atoms with E-state index in [2.05, 4.69) is 27.0 Å². The molecule has 0 aliphatic carbocycles. The molecule has 7 heteroatoms. The van der Waals surface area contributed by atoms with Gasteiger partial charge in [-0.1, -0.05) is 6.92 Å². The summed E-state index contributed by atoms with van der Waals surface area (Å²) >= 11 is 0. The van der Waals surface area contributed by atoms with Crippen LogP contribution in [0.15, 0.2) is 18.2 Å². The molecule has 0 bridgehead atoms. The first kappa shape index (κ1) is 16.2. The predicted molar refractivity (Wildman–Crippen MR) is 92.2 cm³/mol. The Morgan fingerprint density at radius 3 is 3.16 bits per heavy atom. The van der Waals surface area contributed by atoms with Crippen molar-refractivity contribution in [3.63, 3.8) is 0 Å². The highest BCUT2D eigenvalue weighted by atomic mass is 16.7. The van der Waals surface area contributed by atoms with Crippen LogP contribution >= 0.6 is 0 Å². The minimum Gasteiger partial charge on any atom is -0.493 e. The quantitative estimate of drug-likeness (QED) is 0.774. The van der Waals surface area contributed by atoms with Gasteiger partial charge in [0, 0.05) is 24.9 Å². The van der Waals surface area contributed by atoms with Crippen molar-refractivity contribution < 1.29 is 14.2 Å². The molecule has 0 fully saturated rings. The van der Waals surface area contributed by atoms with Gasteiger partial charge in [-0.25, -0.2) is 9.67 Å². The highest BCUT2D eigenvalue weighted by molar-refractivity contribution is 5.46. The summed E-state index contributed by atoms with van der Waals surface area (Å²) in [7, 11) is 0. The van der Waals surface area contributed by atoms with Crippen molar-refractivity contribution >= 4 is 0 Å². The molecule has 4 rings (SSSR count). The molecule has 1 unspecified atom stereocenters. The molecule has 25 heavy (non-hydrogen) atoms. The molecule has 7 nitrogen and oxygen atoms in total. The van der Waals surface area contributed by atoms with Gasteiger partial charge in [-0.2, -0.15) is 5.10 Å². The second-order valence-corrected chi connectivity index (χ2v) is 6.39. The molecule has 3 heterocycles. The number of hydrogen-bond donors (Lipinski definition) is 1. The van der Waals surface area contributed by atoms with Crippen LogP contribution in [0.4, 0.5) is 0 Å². The van der Waals surface area contributed by atoms with E-state index in [1.165, 1.54) is 0 Å². The van der Waals surface area contributed by atoms with E-state index in [1.807, 2.05) is 18.2 Å². The first-order chi connectivity index (χ1) is 12.3. The Hall–Kier alpha value is -2.28. The van der Waals surface area contributed by atoms with Crippen molar-refractivity contribution in [1.29, 1.82) is 0 Å². The normalized spacial score (nSPS) is 18.2. The van der Waals surface area contributed by atoms with Crippen LogP contribution < -0.4 is 19.5 Å². The third-order valence-corrected chi connectivity index (χ3v) is 4.59. The Labute approximate surface area is 147 Å². The summed E-state index contributed by atoms with van der Waals surface area (Å²) in [6.45, 7) is 4.90. The van der Waals surface area contributed by atoms with Crippen molar-refractivity contribution in [2.24, 2.45) is 0 Å². The molecule has 0 amide bonds. The van der Waals surface area contributed by atoms with Crippen molar-refractivity contribution in [3.8, 4) is 17.2 Å². The zero-order valence-electron chi connectivity index (χ0n) is 14.5. The van der Waals surface area contributed by atoms with Crippen LogP contribution in [-0.4, -0.2) is 40.8 Å². The number of nitrogens with one attached hydrogen (secondary N) is 1. The number of hydrogen-bond acceptors (Lipinski definition) is 6. The van der Waals surface area contributed by atoms with Gasteiger partial charge in [0.25, 0.3) is 0 Å². The molecule has 0 saturated carbocycles. The van der Waals surface area contributed by atoms with E-state index in [-0.39, 0.29) is 6.79 Å². The number of aromatic nitrogens is 3. The first-order valence-corrected chi connectivity index (χ1v) is 9.00. The summed E-state index contributed by atoms with van der Waals surface area (Å²) in [5.74, 6) is 4.44. The fourth-order valence-corrected chi connectivity index (χ4v) is 3.21. The van der Waals surface area contributed by atoms with Crippen molar-refractivity contribution in [3.05, 3.63) is 29.8 Å². The molecule has 1 aromatic heterocycles. The Morgan fingerprint density at radius 2 is 2.24 bits per heavy atom. The van der Waals surface area contributed by atoms with Gasteiger partial charge in [0.1, 0.15) is 11.6 Å². The van der Waals surface area contributed by atoms with Gasteiger partial charge in [-0.15, -0.1) is 0 Å². The van der Waals surface area contributed by atoms with Gasteiger partial charge in [-0.3, -0.25) is 0 Å². The lowest BCUT2D eigenvalue weighted by atomic mass is 10.1.